The zero-order valence-electron chi connectivity index (χ0n) is 18.7. The molecule has 3 aromatic rings. The van der Waals surface area contributed by atoms with E-state index in [1.54, 1.807) is 24.3 Å². The van der Waals surface area contributed by atoms with Gasteiger partial charge in [0.15, 0.2) is 0 Å². The largest absolute Gasteiger partial charge is 0.465 e. The highest BCUT2D eigenvalue weighted by molar-refractivity contribution is 6.24. The van der Waals surface area contributed by atoms with E-state index in [9.17, 15) is 14.4 Å². The molecule has 1 saturated heterocycles. The lowest BCUT2D eigenvalue weighted by Gasteiger charge is -2.57. The predicted molar refractivity (Wildman–Crippen MR) is 123 cm³/mol. The van der Waals surface area contributed by atoms with E-state index in [4.69, 9.17) is 4.74 Å². The molecule has 5 nitrogen and oxygen atoms in total. The van der Waals surface area contributed by atoms with E-state index in [0.29, 0.717) is 11.3 Å². The van der Waals surface area contributed by atoms with Gasteiger partial charge in [0.25, 0.3) is 0 Å². The van der Waals surface area contributed by atoms with Gasteiger partial charge in [0.05, 0.1) is 30.2 Å². The number of methoxy groups -OCH3 is 1. The molecule has 2 bridgehead atoms. The van der Waals surface area contributed by atoms with E-state index in [2.05, 4.69) is 38.1 Å². The quantitative estimate of drug-likeness (QED) is 0.445. The van der Waals surface area contributed by atoms with E-state index >= 15 is 0 Å². The molecule has 0 spiro atoms. The summed E-state index contributed by atoms with van der Waals surface area (Å²) in [6.45, 7) is 4.20. The first-order valence-corrected chi connectivity index (χ1v) is 11.1. The van der Waals surface area contributed by atoms with Crippen LogP contribution in [-0.2, 0) is 25.2 Å². The Bertz CT molecular complexity index is 1250. The lowest BCUT2D eigenvalue weighted by Crippen LogP contribution is -2.59. The maximum atomic E-state index is 14.0. The summed E-state index contributed by atoms with van der Waals surface area (Å²) in [7, 11) is 1.31. The Morgan fingerprint density at radius 2 is 1.21 bits per heavy atom. The minimum Gasteiger partial charge on any atom is -0.465 e. The number of amides is 2. The summed E-state index contributed by atoms with van der Waals surface area (Å²) >= 11 is 0. The van der Waals surface area contributed by atoms with Crippen molar-refractivity contribution in [3.63, 3.8) is 0 Å². The monoisotopic (exact) mass is 437 g/mol. The second-order valence-electron chi connectivity index (χ2n) is 9.51. The molecule has 0 saturated carbocycles. The number of ether oxygens (including phenoxy) is 1. The van der Waals surface area contributed by atoms with Crippen LogP contribution in [0.2, 0.25) is 0 Å². The summed E-state index contributed by atoms with van der Waals surface area (Å²) in [5, 5.41) is 0. The normalized spacial score (nSPS) is 28.9. The number of hydrogen-bond donors (Lipinski definition) is 0. The first-order valence-electron chi connectivity index (χ1n) is 11.1. The third-order valence-electron chi connectivity index (χ3n) is 8.17. The fourth-order valence-corrected chi connectivity index (χ4v) is 6.71. The lowest BCUT2D eigenvalue weighted by atomic mass is 9.42. The highest BCUT2D eigenvalue weighted by atomic mass is 16.5. The molecule has 4 aliphatic rings. The third-order valence-corrected chi connectivity index (χ3v) is 8.17. The second kappa shape index (κ2) is 6.41. The molecule has 164 valence electrons. The van der Waals surface area contributed by atoms with Crippen LogP contribution in [0.4, 0.5) is 5.69 Å². The highest BCUT2D eigenvalue weighted by Crippen LogP contribution is 2.66. The molecule has 0 unspecified atom stereocenters. The number of hydrogen-bond acceptors (Lipinski definition) is 4. The van der Waals surface area contributed by atoms with Gasteiger partial charge in [-0.2, -0.15) is 0 Å². The van der Waals surface area contributed by atoms with Crippen molar-refractivity contribution in [2.24, 2.45) is 11.8 Å². The molecule has 3 aromatic carbocycles. The van der Waals surface area contributed by atoms with Crippen LogP contribution in [0.25, 0.3) is 0 Å². The Hall–Kier alpha value is -3.73. The van der Waals surface area contributed by atoms with Crippen molar-refractivity contribution >= 4 is 23.5 Å². The molecule has 2 atom stereocenters. The van der Waals surface area contributed by atoms with Crippen molar-refractivity contribution in [2.75, 3.05) is 12.0 Å². The molecule has 2 amide bonds. The summed E-state index contributed by atoms with van der Waals surface area (Å²) in [6.07, 6.45) is 0. The van der Waals surface area contributed by atoms with E-state index in [1.807, 2.05) is 24.3 Å². The van der Waals surface area contributed by atoms with E-state index in [-0.39, 0.29) is 11.8 Å². The summed E-state index contributed by atoms with van der Waals surface area (Å²) in [5.41, 5.74) is 3.89. The number of anilines is 1. The van der Waals surface area contributed by atoms with Crippen LogP contribution in [0.15, 0.2) is 72.8 Å². The average molecular weight is 437 g/mol. The number of carbonyl (C=O) groups excluding carboxylic acids is 3. The molecule has 1 aliphatic heterocycles. The second-order valence-corrected chi connectivity index (χ2v) is 9.51. The zero-order valence-corrected chi connectivity index (χ0v) is 18.7. The molecule has 0 radical (unpaired) electrons. The lowest BCUT2D eigenvalue weighted by molar-refractivity contribution is -0.124. The van der Waals surface area contributed by atoms with Gasteiger partial charge in [0, 0.05) is 10.8 Å². The molecule has 1 heterocycles. The molecule has 1 fully saturated rings. The summed E-state index contributed by atoms with van der Waals surface area (Å²) in [4.78, 5) is 41.5. The first kappa shape index (κ1) is 19.9. The van der Waals surface area contributed by atoms with Gasteiger partial charge in [-0.1, -0.05) is 68.4 Å². The van der Waals surface area contributed by atoms with Gasteiger partial charge in [-0.25, -0.2) is 9.69 Å². The molecule has 3 aliphatic carbocycles. The van der Waals surface area contributed by atoms with Crippen LogP contribution in [0.1, 0.15) is 46.5 Å². The minimum atomic E-state index is -0.628. The van der Waals surface area contributed by atoms with E-state index in [1.165, 1.54) is 12.0 Å². The zero-order chi connectivity index (χ0) is 23.1. The first-order chi connectivity index (χ1) is 15.8. The van der Waals surface area contributed by atoms with Crippen LogP contribution >= 0.6 is 0 Å². The van der Waals surface area contributed by atoms with Crippen molar-refractivity contribution in [1.29, 1.82) is 0 Å². The Labute approximate surface area is 192 Å². The van der Waals surface area contributed by atoms with Crippen LogP contribution < -0.4 is 4.90 Å². The number of imide groups is 1. The van der Waals surface area contributed by atoms with Gasteiger partial charge < -0.3 is 4.74 Å². The van der Waals surface area contributed by atoms with Gasteiger partial charge in [-0.3, -0.25) is 9.59 Å². The smallest absolute Gasteiger partial charge is 0.337 e. The van der Waals surface area contributed by atoms with Crippen LogP contribution in [0, 0.1) is 11.8 Å². The molecular formula is C28H23NO4. The maximum absolute atomic E-state index is 14.0. The number of carbonyl (C=O) groups is 3. The molecule has 5 heteroatoms. The molecule has 7 rings (SSSR count). The SMILES string of the molecule is COC(=O)c1cccc(N2C(=O)[C@@H]3[C@@H](C2=O)C2(C)c4ccccc4C3(C)c3ccccc32)c1. The van der Waals surface area contributed by atoms with Gasteiger partial charge in [-0.05, 0) is 40.5 Å². The fourth-order valence-electron chi connectivity index (χ4n) is 6.71. The van der Waals surface area contributed by atoms with Crippen molar-refractivity contribution < 1.29 is 19.1 Å². The minimum absolute atomic E-state index is 0.218. The summed E-state index contributed by atoms with van der Waals surface area (Å²) in [6, 6.07) is 23.0. The van der Waals surface area contributed by atoms with Crippen LogP contribution in [0.5, 0.6) is 0 Å². The number of benzene rings is 3. The fraction of sp³-hybridized carbons (Fsp3) is 0.250. The summed E-state index contributed by atoms with van der Waals surface area (Å²) < 4.78 is 4.84. The Kier molecular flexibility index (Phi) is 3.87. The van der Waals surface area contributed by atoms with Gasteiger partial charge in [0.1, 0.15) is 0 Å². The van der Waals surface area contributed by atoms with Crippen LogP contribution in [0.3, 0.4) is 0 Å². The van der Waals surface area contributed by atoms with Crippen LogP contribution in [-0.4, -0.2) is 24.9 Å². The van der Waals surface area contributed by atoms with Gasteiger partial charge >= 0.3 is 5.97 Å². The Morgan fingerprint density at radius 3 is 1.64 bits per heavy atom. The number of nitrogens with zero attached hydrogens (tertiary/aromatic N) is 1. The average Bonchev–Trinajstić information content (AvgIpc) is 3.13. The van der Waals surface area contributed by atoms with Gasteiger partial charge in [-0.15, -0.1) is 0 Å². The summed E-state index contributed by atoms with van der Waals surface area (Å²) in [5.74, 6) is -2.00. The maximum Gasteiger partial charge on any atom is 0.337 e. The topological polar surface area (TPSA) is 63.7 Å². The third kappa shape index (κ3) is 2.20. The van der Waals surface area contributed by atoms with Crippen molar-refractivity contribution in [3.05, 3.63) is 101 Å². The number of rotatable bonds is 2. The molecule has 0 aromatic heterocycles. The van der Waals surface area contributed by atoms with Crippen molar-refractivity contribution in [1.82, 2.24) is 0 Å². The predicted octanol–water partition coefficient (Wildman–Crippen LogP) is 4.22. The molecule has 0 N–H and O–H groups in total. The van der Waals surface area contributed by atoms with Crippen molar-refractivity contribution in [3.8, 4) is 0 Å². The Balaban J connectivity index is 1.60. The number of esters is 1. The molecular weight excluding hydrogens is 414 g/mol. The Morgan fingerprint density at radius 1 is 0.758 bits per heavy atom. The van der Waals surface area contributed by atoms with Crippen molar-refractivity contribution in [2.45, 2.75) is 24.7 Å². The van der Waals surface area contributed by atoms with E-state index < -0.39 is 28.6 Å². The highest BCUT2D eigenvalue weighted by Gasteiger charge is 2.70. The van der Waals surface area contributed by atoms with Gasteiger partial charge in [0.2, 0.25) is 11.8 Å². The van der Waals surface area contributed by atoms with E-state index in [0.717, 1.165) is 22.3 Å². The molecule has 33 heavy (non-hydrogen) atoms. The standard InChI is InChI=1S/C28H23NO4/c1-27-18-11-4-6-13-20(18)28(2,21-14-7-5-12-19(21)27)23-22(27)24(30)29(25(23)31)17-10-8-9-16(15-17)26(32)33-3/h4-15,22-23H,1-3H3/t22-,23-,27?,28?/m0/s1.